The van der Waals surface area contributed by atoms with Crippen molar-refractivity contribution < 1.29 is 39.3 Å². The maximum atomic E-state index is 12.7. The lowest BCUT2D eigenvalue weighted by atomic mass is 10.0. The first kappa shape index (κ1) is 28.6. The number of carboxylic acid groups (broad SMARTS) is 2. The molecule has 5 atom stereocenters. The van der Waals surface area contributed by atoms with E-state index in [1.807, 2.05) is 6.26 Å². The number of thioether (sulfide) groups is 1. The number of aliphatic carboxylic acids is 2. The molecule has 0 heterocycles. The van der Waals surface area contributed by atoms with Gasteiger partial charge in [0.2, 0.25) is 17.7 Å². The van der Waals surface area contributed by atoms with Crippen molar-refractivity contribution in [1.29, 1.82) is 0 Å². The van der Waals surface area contributed by atoms with Crippen molar-refractivity contribution in [1.82, 2.24) is 16.0 Å². The lowest BCUT2D eigenvalue weighted by Gasteiger charge is -2.28. The number of nitrogens with two attached hydrogens (primary N) is 1. The zero-order valence-electron chi connectivity index (χ0n) is 18.0. The number of hydrogen-bond acceptors (Lipinski definition) is 8. The Morgan fingerprint density at radius 2 is 1.42 bits per heavy atom. The first-order valence-electron chi connectivity index (χ1n) is 9.60. The van der Waals surface area contributed by atoms with Gasteiger partial charge in [-0.2, -0.15) is 11.8 Å². The smallest absolute Gasteiger partial charge is 0.326 e. The summed E-state index contributed by atoms with van der Waals surface area (Å²) in [5.74, 6) is -5.30. The molecular weight excluding hydrogens is 432 g/mol. The Bertz CT molecular complexity index is 658. The minimum Gasteiger partial charge on any atom is -0.481 e. The fourth-order valence-corrected chi connectivity index (χ4v) is 2.95. The Morgan fingerprint density at radius 3 is 1.84 bits per heavy atom. The minimum absolute atomic E-state index is 0.359. The Balaban J connectivity index is 5.31. The Labute approximate surface area is 184 Å². The van der Waals surface area contributed by atoms with Crippen LogP contribution in [0.5, 0.6) is 0 Å². The predicted octanol–water partition coefficient (Wildman–Crippen LogP) is -1.88. The summed E-state index contributed by atoms with van der Waals surface area (Å²) in [6.07, 6.45) is 0.0452. The van der Waals surface area contributed by atoms with Crippen molar-refractivity contribution in [3.8, 4) is 0 Å². The maximum Gasteiger partial charge on any atom is 0.326 e. The molecule has 0 fully saturated rings. The Morgan fingerprint density at radius 1 is 0.903 bits per heavy atom. The van der Waals surface area contributed by atoms with Gasteiger partial charge in [0.25, 0.3) is 0 Å². The van der Waals surface area contributed by atoms with Gasteiger partial charge in [0.1, 0.15) is 18.1 Å². The molecule has 13 heteroatoms. The fourth-order valence-electron chi connectivity index (χ4n) is 2.46. The van der Waals surface area contributed by atoms with E-state index >= 15 is 0 Å². The molecule has 5 unspecified atom stereocenters. The van der Waals surface area contributed by atoms with Crippen LogP contribution < -0.4 is 21.7 Å². The highest BCUT2D eigenvalue weighted by molar-refractivity contribution is 7.98. The number of carbonyl (C=O) groups excluding carboxylic acids is 3. The standard InChI is InChI=1S/C18H32N4O8S/c1-8(2)13(16(27)20-11(18(29)30)7-12(24)25)21-17(28)14(9(3)23)22-15(26)10(19)5-6-31-4/h8-11,13-14,23H,5-7,19H2,1-4H3,(H,20,27)(H,21,28)(H,22,26)(H,24,25)(H,29,30). The lowest BCUT2D eigenvalue weighted by molar-refractivity contribution is -0.147. The monoisotopic (exact) mass is 464 g/mol. The summed E-state index contributed by atoms with van der Waals surface area (Å²) in [6, 6.07) is -5.23. The van der Waals surface area contributed by atoms with Gasteiger partial charge in [-0.25, -0.2) is 4.79 Å². The van der Waals surface area contributed by atoms with Crippen LogP contribution in [0.4, 0.5) is 0 Å². The topological polar surface area (TPSA) is 208 Å². The molecule has 0 spiro atoms. The second kappa shape index (κ2) is 13.8. The first-order chi connectivity index (χ1) is 14.3. The van der Waals surface area contributed by atoms with E-state index in [4.69, 9.17) is 15.9 Å². The van der Waals surface area contributed by atoms with Gasteiger partial charge in [-0.05, 0) is 31.3 Å². The van der Waals surface area contributed by atoms with Crippen LogP contribution in [-0.2, 0) is 24.0 Å². The zero-order chi connectivity index (χ0) is 24.3. The molecule has 31 heavy (non-hydrogen) atoms. The van der Waals surface area contributed by atoms with Gasteiger partial charge < -0.3 is 37.0 Å². The molecule has 178 valence electrons. The van der Waals surface area contributed by atoms with Crippen molar-refractivity contribution >= 4 is 41.4 Å². The van der Waals surface area contributed by atoms with Crippen LogP contribution in [0.15, 0.2) is 0 Å². The molecule has 0 saturated heterocycles. The summed E-state index contributed by atoms with van der Waals surface area (Å²) < 4.78 is 0. The van der Waals surface area contributed by atoms with Crippen LogP contribution in [0, 0.1) is 5.92 Å². The normalized spacial score (nSPS) is 15.8. The van der Waals surface area contributed by atoms with Crippen LogP contribution in [0.25, 0.3) is 0 Å². The van der Waals surface area contributed by atoms with Gasteiger partial charge in [-0.15, -0.1) is 0 Å². The van der Waals surface area contributed by atoms with Crippen LogP contribution >= 0.6 is 11.8 Å². The van der Waals surface area contributed by atoms with Crippen molar-refractivity contribution in [3.63, 3.8) is 0 Å². The van der Waals surface area contributed by atoms with E-state index in [2.05, 4.69) is 16.0 Å². The quantitative estimate of drug-likeness (QED) is 0.152. The number of rotatable bonds is 14. The summed E-state index contributed by atoms with van der Waals surface area (Å²) in [6.45, 7) is 4.42. The molecule has 0 aliphatic heterocycles. The van der Waals surface area contributed by atoms with E-state index in [-0.39, 0.29) is 0 Å². The molecule has 0 bridgehead atoms. The van der Waals surface area contributed by atoms with Crippen LogP contribution in [0.3, 0.4) is 0 Å². The highest BCUT2D eigenvalue weighted by atomic mass is 32.2. The fraction of sp³-hybridized carbons (Fsp3) is 0.722. The number of amides is 3. The van der Waals surface area contributed by atoms with E-state index in [1.54, 1.807) is 13.8 Å². The second-order valence-corrected chi connectivity index (χ2v) is 8.33. The molecule has 0 aromatic rings. The number of aliphatic hydroxyl groups is 1. The average molecular weight is 465 g/mol. The van der Waals surface area contributed by atoms with E-state index < -0.39 is 72.3 Å². The van der Waals surface area contributed by atoms with E-state index in [0.29, 0.717) is 12.2 Å². The molecule has 0 saturated carbocycles. The van der Waals surface area contributed by atoms with Gasteiger partial charge in [0.15, 0.2) is 0 Å². The molecule has 0 radical (unpaired) electrons. The first-order valence-corrected chi connectivity index (χ1v) is 11.0. The zero-order valence-corrected chi connectivity index (χ0v) is 18.8. The average Bonchev–Trinajstić information content (AvgIpc) is 2.66. The van der Waals surface area contributed by atoms with Crippen LogP contribution in [0.2, 0.25) is 0 Å². The van der Waals surface area contributed by atoms with Gasteiger partial charge in [-0.1, -0.05) is 13.8 Å². The van der Waals surface area contributed by atoms with Crippen molar-refractivity contribution in [2.45, 2.75) is 63.9 Å². The number of carbonyl (C=O) groups is 5. The van der Waals surface area contributed by atoms with E-state index in [0.717, 1.165) is 0 Å². The van der Waals surface area contributed by atoms with Crippen LogP contribution in [-0.4, -0.2) is 87.3 Å². The van der Waals surface area contributed by atoms with Crippen molar-refractivity contribution in [3.05, 3.63) is 0 Å². The van der Waals surface area contributed by atoms with E-state index in [1.165, 1.54) is 18.7 Å². The molecule has 12 nitrogen and oxygen atoms in total. The highest BCUT2D eigenvalue weighted by Gasteiger charge is 2.34. The number of nitrogens with one attached hydrogen (secondary N) is 3. The number of hydrogen-bond donors (Lipinski definition) is 7. The van der Waals surface area contributed by atoms with Gasteiger partial charge >= 0.3 is 11.9 Å². The predicted molar refractivity (Wildman–Crippen MR) is 113 cm³/mol. The summed E-state index contributed by atoms with van der Waals surface area (Å²) in [7, 11) is 0. The molecule has 0 rings (SSSR count). The number of carboxylic acids is 2. The molecule has 8 N–H and O–H groups in total. The molecule has 0 aliphatic rings. The summed E-state index contributed by atoms with van der Waals surface area (Å²) in [5.41, 5.74) is 5.77. The largest absolute Gasteiger partial charge is 0.481 e. The maximum absolute atomic E-state index is 12.7. The third kappa shape index (κ3) is 10.5. The molecule has 0 aliphatic carbocycles. The summed E-state index contributed by atoms with van der Waals surface area (Å²) >= 11 is 1.49. The molecular formula is C18H32N4O8S. The third-order valence-corrected chi connectivity index (χ3v) is 4.92. The van der Waals surface area contributed by atoms with Gasteiger partial charge in [-0.3, -0.25) is 19.2 Å². The summed E-state index contributed by atoms with van der Waals surface area (Å²) in [4.78, 5) is 59.3. The third-order valence-electron chi connectivity index (χ3n) is 4.27. The second-order valence-electron chi connectivity index (χ2n) is 7.34. The summed E-state index contributed by atoms with van der Waals surface area (Å²) in [5, 5.41) is 34.6. The Kier molecular flexibility index (Phi) is 12.8. The van der Waals surface area contributed by atoms with E-state index in [9.17, 15) is 29.1 Å². The van der Waals surface area contributed by atoms with Gasteiger partial charge in [0.05, 0.1) is 18.6 Å². The molecule has 3 amide bonds. The SMILES string of the molecule is CSCCC(N)C(=O)NC(C(=O)NC(C(=O)NC(CC(=O)O)C(=O)O)C(C)C)C(C)O. The van der Waals surface area contributed by atoms with Crippen LogP contribution in [0.1, 0.15) is 33.6 Å². The lowest BCUT2D eigenvalue weighted by Crippen LogP contribution is -2.60. The van der Waals surface area contributed by atoms with Crippen molar-refractivity contribution in [2.24, 2.45) is 11.7 Å². The Hall–Kier alpha value is -2.38. The molecule has 0 aromatic carbocycles. The highest BCUT2D eigenvalue weighted by Crippen LogP contribution is 2.06. The minimum atomic E-state index is -1.69. The van der Waals surface area contributed by atoms with Crippen molar-refractivity contribution in [2.75, 3.05) is 12.0 Å². The van der Waals surface area contributed by atoms with Gasteiger partial charge in [0, 0.05) is 0 Å². The number of aliphatic hydroxyl groups excluding tert-OH is 1. The molecule has 0 aromatic heterocycles.